The van der Waals surface area contributed by atoms with Gasteiger partial charge >= 0.3 is 5.69 Å². The molecule has 0 spiro atoms. The van der Waals surface area contributed by atoms with Crippen LogP contribution in [-0.4, -0.2) is 29.8 Å². The summed E-state index contributed by atoms with van der Waals surface area (Å²) in [6, 6.07) is 13.0. The van der Waals surface area contributed by atoms with E-state index < -0.39 is 0 Å². The Morgan fingerprint density at radius 2 is 1.76 bits per heavy atom. The predicted octanol–water partition coefficient (Wildman–Crippen LogP) is 2.82. The van der Waals surface area contributed by atoms with Crippen LogP contribution in [0.15, 0.2) is 65.8 Å². The van der Waals surface area contributed by atoms with Crippen molar-refractivity contribution in [2.45, 2.75) is 32.9 Å². The van der Waals surface area contributed by atoms with Crippen LogP contribution in [-0.2, 0) is 17.9 Å². The first-order valence-electron chi connectivity index (χ1n) is 9.62. The van der Waals surface area contributed by atoms with Crippen molar-refractivity contribution in [3.8, 4) is 5.82 Å². The van der Waals surface area contributed by atoms with Gasteiger partial charge in [-0.2, -0.15) is 5.10 Å². The van der Waals surface area contributed by atoms with Crippen LogP contribution in [0.4, 0.5) is 5.69 Å². The molecule has 4 rings (SSSR count). The first-order valence-corrected chi connectivity index (χ1v) is 9.62. The SMILES string of the molecule is CCCn1c(=O)n(CCC(=O)Nc2cccnc2-n2cccn2)c2ccccc21. The van der Waals surface area contributed by atoms with Gasteiger partial charge in [-0.25, -0.2) is 14.5 Å². The van der Waals surface area contributed by atoms with Crippen molar-refractivity contribution in [3.05, 3.63) is 71.5 Å². The van der Waals surface area contributed by atoms with Crippen LogP contribution >= 0.6 is 0 Å². The molecule has 8 nitrogen and oxygen atoms in total. The maximum atomic E-state index is 12.8. The van der Waals surface area contributed by atoms with Crippen molar-refractivity contribution in [1.82, 2.24) is 23.9 Å². The normalized spacial score (nSPS) is 11.1. The minimum atomic E-state index is -0.189. The van der Waals surface area contributed by atoms with E-state index in [-0.39, 0.29) is 18.0 Å². The van der Waals surface area contributed by atoms with Gasteiger partial charge in [0, 0.05) is 38.1 Å². The number of imidazole rings is 1. The summed E-state index contributed by atoms with van der Waals surface area (Å²) >= 11 is 0. The molecule has 1 N–H and O–H groups in total. The smallest absolute Gasteiger partial charge is 0.323 e. The Hall–Kier alpha value is -3.68. The van der Waals surface area contributed by atoms with E-state index in [0.29, 0.717) is 24.6 Å². The molecule has 0 saturated carbocycles. The molecule has 1 aromatic carbocycles. The standard InChI is InChI=1S/C21H22N6O2/c1-2-13-25-17-8-3-4-9-18(17)26(21(25)29)15-10-19(28)24-16-7-5-11-22-20(16)27-14-6-12-23-27/h3-9,11-12,14H,2,10,13,15H2,1H3,(H,24,28). The molecule has 0 atom stereocenters. The zero-order valence-electron chi connectivity index (χ0n) is 16.2. The molecule has 1 amide bonds. The number of amides is 1. The highest BCUT2D eigenvalue weighted by Gasteiger charge is 2.14. The van der Waals surface area contributed by atoms with Gasteiger partial charge in [0.2, 0.25) is 5.91 Å². The van der Waals surface area contributed by atoms with Gasteiger partial charge in [-0.3, -0.25) is 13.9 Å². The fraction of sp³-hybridized carbons (Fsp3) is 0.238. The number of anilines is 1. The number of aromatic nitrogens is 5. The number of carbonyl (C=O) groups is 1. The van der Waals surface area contributed by atoms with E-state index in [1.54, 1.807) is 50.6 Å². The lowest BCUT2D eigenvalue weighted by Gasteiger charge is -2.10. The van der Waals surface area contributed by atoms with Crippen LogP contribution in [0.3, 0.4) is 0 Å². The molecule has 0 aliphatic carbocycles. The van der Waals surface area contributed by atoms with Crippen molar-refractivity contribution in [3.63, 3.8) is 0 Å². The van der Waals surface area contributed by atoms with Gasteiger partial charge < -0.3 is 5.32 Å². The molecular formula is C21H22N6O2. The monoisotopic (exact) mass is 390 g/mol. The minimum absolute atomic E-state index is 0.0838. The summed E-state index contributed by atoms with van der Waals surface area (Å²) in [6.45, 7) is 3.00. The molecule has 0 fully saturated rings. The number of pyridine rings is 1. The summed E-state index contributed by atoms with van der Waals surface area (Å²) in [5, 5.41) is 7.05. The molecular weight excluding hydrogens is 368 g/mol. The van der Waals surface area contributed by atoms with Crippen LogP contribution < -0.4 is 11.0 Å². The lowest BCUT2D eigenvalue weighted by Crippen LogP contribution is -2.26. The summed E-state index contributed by atoms with van der Waals surface area (Å²) in [7, 11) is 0. The predicted molar refractivity (Wildman–Crippen MR) is 111 cm³/mol. The number of hydrogen-bond donors (Lipinski definition) is 1. The topological polar surface area (TPSA) is 86.7 Å². The van der Waals surface area contributed by atoms with Crippen molar-refractivity contribution in [2.75, 3.05) is 5.32 Å². The highest BCUT2D eigenvalue weighted by atomic mass is 16.2. The summed E-state index contributed by atoms with van der Waals surface area (Å²) in [6.07, 6.45) is 6.10. The Labute approximate surface area is 167 Å². The zero-order chi connectivity index (χ0) is 20.2. The third-order valence-electron chi connectivity index (χ3n) is 4.72. The quantitative estimate of drug-likeness (QED) is 0.526. The van der Waals surface area contributed by atoms with Gasteiger partial charge in [-0.05, 0) is 36.8 Å². The van der Waals surface area contributed by atoms with Gasteiger partial charge in [-0.15, -0.1) is 0 Å². The van der Waals surface area contributed by atoms with E-state index >= 15 is 0 Å². The summed E-state index contributed by atoms with van der Waals surface area (Å²) < 4.78 is 5.03. The number of rotatable bonds is 7. The Morgan fingerprint density at radius 3 is 2.45 bits per heavy atom. The zero-order valence-corrected chi connectivity index (χ0v) is 16.2. The lowest BCUT2D eigenvalue weighted by atomic mass is 10.3. The molecule has 0 aliphatic rings. The van der Waals surface area contributed by atoms with E-state index in [4.69, 9.17) is 0 Å². The van der Waals surface area contributed by atoms with Crippen LogP contribution in [0.25, 0.3) is 16.9 Å². The van der Waals surface area contributed by atoms with Gasteiger partial charge in [0.15, 0.2) is 5.82 Å². The summed E-state index contributed by atoms with van der Waals surface area (Å²) in [5.74, 6) is 0.355. The molecule has 0 bridgehead atoms. The minimum Gasteiger partial charge on any atom is -0.323 e. The Morgan fingerprint density at radius 1 is 1.00 bits per heavy atom. The average molecular weight is 390 g/mol. The second-order valence-corrected chi connectivity index (χ2v) is 6.70. The molecule has 0 radical (unpaired) electrons. The van der Waals surface area contributed by atoms with Gasteiger partial charge in [-0.1, -0.05) is 19.1 Å². The fourth-order valence-electron chi connectivity index (χ4n) is 3.43. The second-order valence-electron chi connectivity index (χ2n) is 6.70. The third-order valence-corrected chi connectivity index (χ3v) is 4.72. The van der Waals surface area contributed by atoms with E-state index in [0.717, 1.165) is 17.5 Å². The number of fused-ring (bicyclic) bond motifs is 1. The van der Waals surface area contributed by atoms with Crippen LogP contribution in [0.5, 0.6) is 0 Å². The fourth-order valence-corrected chi connectivity index (χ4v) is 3.43. The van der Waals surface area contributed by atoms with Crippen molar-refractivity contribution < 1.29 is 4.79 Å². The molecule has 148 valence electrons. The molecule has 4 aromatic rings. The van der Waals surface area contributed by atoms with E-state index in [1.807, 2.05) is 31.2 Å². The maximum Gasteiger partial charge on any atom is 0.329 e. The molecule has 3 heterocycles. The number of carbonyl (C=O) groups excluding carboxylic acids is 1. The van der Waals surface area contributed by atoms with Gasteiger partial charge in [0.25, 0.3) is 0 Å². The third kappa shape index (κ3) is 3.69. The van der Waals surface area contributed by atoms with Gasteiger partial charge in [0.05, 0.1) is 16.7 Å². The lowest BCUT2D eigenvalue weighted by molar-refractivity contribution is -0.116. The van der Waals surface area contributed by atoms with Crippen LogP contribution in [0, 0.1) is 0 Å². The van der Waals surface area contributed by atoms with Crippen molar-refractivity contribution in [1.29, 1.82) is 0 Å². The number of nitrogens with zero attached hydrogens (tertiary/aromatic N) is 5. The van der Waals surface area contributed by atoms with Gasteiger partial charge in [0.1, 0.15) is 0 Å². The Bertz CT molecular complexity index is 1190. The number of aryl methyl sites for hydroxylation is 2. The number of hydrogen-bond acceptors (Lipinski definition) is 4. The van der Waals surface area contributed by atoms with Crippen LogP contribution in [0.2, 0.25) is 0 Å². The number of para-hydroxylation sites is 2. The molecule has 29 heavy (non-hydrogen) atoms. The first-order chi connectivity index (χ1) is 14.2. The Kier molecular flexibility index (Phi) is 5.24. The maximum absolute atomic E-state index is 12.8. The highest BCUT2D eigenvalue weighted by Crippen LogP contribution is 2.17. The molecule has 0 aliphatic heterocycles. The highest BCUT2D eigenvalue weighted by molar-refractivity contribution is 5.92. The average Bonchev–Trinajstić information content (AvgIpc) is 3.35. The number of nitrogens with one attached hydrogen (secondary N) is 1. The van der Waals surface area contributed by atoms with E-state index in [1.165, 1.54) is 0 Å². The first kappa shape index (κ1) is 18.7. The Balaban J connectivity index is 1.53. The largest absolute Gasteiger partial charge is 0.329 e. The second kappa shape index (κ2) is 8.14. The summed E-state index contributed by atoms with van der Waals surface area (Å²) in [5.41, 5.74) is 2.23. The molecule has 8 heteroatoms. The van der Waals surface area contributed by atoms with Crippen molar-refractivity contribution >= 4 is 22.6 Å². The summed E-state index contributed by atoms with van der Waals surface area (Å²) in [4.78, 5) is 29.7. The van der Waals surface area contributed by atoms with E-state index in [9.17, 15) is 9.59 Å². The molecule has 0 unspecified atom stereocenters. The van der Waals surface area contributed by atoms with Crippen LogP contribution in [0.1, 0.15) is 19.8 Å². The molecule has 3 aromatic heterocycles. The number of benzene rings is 1. The van der Waals surface area contributed by atoms with E-state index in [2.05, 4.69) is 15.4 Å². The van der Waals surface area contributed by atoms with Crippen molar-refractivity contribution in [2.24, 2.45) is 0 Å². The molecule has 0 saturated heterocycles.